The Morgan fingerprint density at radius 3 is 2.73 bits per heavy atom. The van der Waals surface area contributed by atoms with Crippen molar-refractivity contribution in [3.05, 3.63) is 42.0 Å². The molecule has 0 aliphatic carbocycles. The van der Waals surface area contributed by atoms with Gasteiger partial charge in [-0.05, 0) is 24.8 Å². The van der Waals surface area contributed by atoms with Gasteiger partial charge >= 0.3 is 0 Å². The van der Waals surface area contributed by atoms with Crippen molar-refractivity contribution in [3.8, 4) is 0 Å². The van der Waals surface area contributed by atoms with Crippen LogP contribution in [0.3, 0.4) is 0 Å². The Labute approximate surface area is 92.4 Å². The van der Waals surface area contributed by atoms with Crippen LogP contribution >= 0.6 is 0 Å². The monoisotopic (exact) mass is 201 g/mol. The second-order valence-electron chi connectivity index (χ2n) is 4.08. The van der Waals surface area contributed by atoms with Crippen LogP contribution in [0.5, 0.6) is 0 Å². The van der Waals surface area contributed by atoms with E-state index in [0.29, 0.717) is 0 Å². The van der Waals surface area contributed by atoms with Crippen LogP contribution in [0.15, 0.2) is 36.4 Å². The summed E-state index contributed by atoms with van der Waals surface area (Å²) in [6, 6.07) is 10.7. The van der Waals surface area contributed by atoms with Crippen molar-refractivity contribution in [2.75, 3.05) is 13.1 Å². The minimum atomic E-state index is 1.18. The highest BCUT2D eigenvalue weighted by Gasteiger charge is 2.13. The van der Waals surface area contributed by atoms with Gasteiger partial charge < -0.3 is 4.90 Å². The molecule has 1 aromatic carbocycles. The standard InChI is InChI=1S/C14H19N/c1-2-11-15-12-7-6-10-14(15)13-8-4-3-5-9-13/h3-5,8-10H,2,6-7,11-12H2,1H3. The highest BCUT2D eigenvalue weighted by molar-refractivity contribution is 5.64. The first-order chi connectivity index (χ1) is 7.42. The maximum atomic E-state index is 2.51. The van der Waals surface area contributed by atoms with E-state index in [0.717, 1.165) is 0 Å². The van der Waals surface area contributed by atoms with E-state index in [1.54, 1.807) is 0 Å². The summed E-state index contributed by atoms with van der Waals surface area (Å²) in [5.41, 5.74) is 2.80. The molecule has 1 nitrogen and oxygen atoms in total. The molecule has 80 valence electrons. The average molecular weight is 201 g/mol. The second kappa shape index (κ2) is 5.01. The fourth-order valence-corrected chi connectivity index (χ4v) is 2.18. The quantitative estimate of drug-likeness (QED) is 0.723. The second-order valence-corrected chi connectivity index (χ2v) is 4.08. The maximum Gasteiger partial charge on any atom is 0.0399 e. The van der Waals surface area contributed by atoms with Gasteiger partial charge in [0.1, 0.15) is 0 Å². The lowest BCUT2D eigenvalue weighted by atomic mass is 10.0. The van der Waals surface area contributed by atoms with E-state index in [1.807, 2.05) is 0 Å². The van der Waals surface area contributed by atoms with Crippen molar-refractivity contribution in [2.24, 2.45) is 0 Å². The SMILES string of the molecule is CCCN1CCCC=C1c1ccccc1. The van der Waals surface area contributed by atoms with E-state index in [1.165, 1.54) is 43.6 Å². The molecule has 1 aliphatic rings. The molecule has 1 heterocycles. The van der Waals surface area contributed by atoms with E-state index in [9.17, 15) is 0 Å². The molecule has 0 saturated carbocycles. The first-order valence-electron chi connectivity index (χ1n) is 5.92. The first-order valence-corrected chi connectivity index (χ1v) is 5.92. The van der Waals surface area contributed by atoms with E-state index in [2.05, 4.69) is 48.2 Å². The molecule has 0 spiro atoms. The topological polar surface area (TPSA) is 3.24 Å². The Kier molecular flexibility index (Phi) is 3.44. The van der Waals surface area contributed by atoms with Gasteiger partial charge in [-0.3, -0.25) is 0 Å². The molecule has 0 atom stereocenters. The lowest BCUT2D eigenvalue weighted by Gasteiger charge is -2.30. The molecule has 0 amide bonds. The van der Waals surface area contributed by atoms with E-state index < -0.39 is 0 Å². The highest BCUT2D eigenvalue weighted by Crippen LogP contribution is 2.24. The van der Waals surface area contributed by atoms with Gasteiger partial charge in [-0.2, -0.15) is 0 Å². The van der Waals surface area contributed by atoms with Crippen molar-refractivity contribution in [1.82, 2.24) is 4.90 Å². The Morgan fingerprint density at radius 2 is 2.00 bits per heavy atom. The Morgan fingerprint density at radius 1 is 1.20 bits per heavy atom. The predicted molar refractivity (Wildman–Crippen MR) is 65.5 cm³/mol. The van der Waals surface area contributed by atoms with Gasteiger partial charge in [0, 0.05) is 18.8 Å². The van der Waals surface area contributed by atoms with Gasteiger partial charge in [0.15, 0.2) is 0 Å². The number of allylic oxidation sites excluding steroid dienone is 1. The summed E-state index contributed by atoms with van der Waals surface area (Å²) in [4.78, 5) is 2.51. The van der Waals surface area contributed by atoms with Gasteiger partial charge in [-0.15, -0.1) is 0 Å². The number of benzene rings is 1. The van der Waals surface area contributed by atoms with Gasteiger partial charge in [0.2, 0.25) is 0 Å². The lowest BCUT2D eigenvalue weighted by molar-refractivity contribution is 0.376. The summed E-state index contributed by atoms with van der Waals surface area (Å²) in [6.07, 6.45) is 6.14. The zero-order valence-corrected chi connectivity index (χ0v) is 9.45. The smallest absolute Gasteiger partial charge is 0.0399 e. The zero-order chi connectivity index (χ0) is 10.5. The summed E-state index contributed by atoms with van der Waals surface area (Å²) in [5.74, 6) is 0. The number of nitrogens with zero attached hydrogens (tertiary/aromatic N) is 1. The van der Waals surface area contributed by atoms with E-state index >= 15 is 0 Å². The molecule has 2 rings (SSSR count). The van der Waals surface area contributed by atoms with Crippen molar-refractivity contribution >= 4 is 5.70 Å². The minimum Gasteiger partial charge on any atom is -0.371 e. The van der Waals surface area contributed by atoms with Crippen LogP contribution in [-0.4, -0.2) is 18.0 Å². The average Bonchev–Trinajstić information content (AvgIpc) is 2.31. The van der Waals surface area contributed by atoms with Gasteiger partial charge in [-0.1, -0.05) is 43.3 Å². The summed E-state index contributed by atoms with van der Waals surface area (Å²) < 4.78 is 0. The Hall–Kier alpha value is -1.24. The highest BCUT2D eigenvalue weighted by atomic mass is 15.1. The number of rotatable bonds is 3. The van der Waals surface area contributed by atoms with Crippen LogP contribution in [-0.2, 0) is 0 Å². The molecule has 1 aromatic rings. The Balaban J connectivity index is 2.21. The molecule has 15 heavy (non-hydrogen) atoms. The van der Waals surface area contributed by atoms with Crippen LogP contribution in [0.4, 0.5) is 0 Å². The van der Waals surface area contributed by atoms with Crippen LogP contribution < -0.4 is 0 Å². The summed E-state index contributed by atoms with van der Waals surface area (Å²) >= 11 is 0. The molecular formula is C14H19N. The molecule has 0 bridgehead atoms. The molecule has 0 N–H and O–H groups in total. The van der Waals surface area contributed by atoms with E-state index in [4.69, 9.17) is 0 Å². The zero-order valence-electron chi connectivity index (χ0n) is 9.45. The van der Waals surface area contributed by atoms with Crippen LogP contribution in [0, 0.1) is 0 Å². The molecule has 0 unspecified atom stereocenters. The van der Waals surface area contributed by atoms with Crippen LogP contribution in [0.25, 0.3) is 5.70 Å². The van der Waals surface area contributed by atoms with Crippen molar-refractivity contribution in [1.29, 1.82) is 0 Å². The fourth-order valence-electron chi connectivity index (χ4n) is 2.18. The fraction of sp³-hybridized carbons (Fsp3) is 0.429. The third kappa shape index (κ3) is 2.41. The summed E-state index contributed by atoms with van der Waals surface area (Å²) in [6.45, 7) is 4.65. The van der Waals surface area contributed by atoms with Gasteiger partial charge in [0.05, 0.1) is 0 Å². The van der Waals surface area contributed by atoms with Crippen LogP contribution in [0.2, 0.25) is 0 Å². The van der Waals surface area contributed by atoms with Gasteiger partial charge in [-0.25, -0.2) is 0 Å². The third-order valence-corrected chi connectivity index (χ3v) is 2.87. The molecule has 0 fully saturated rings. The molecule has 0 saturated heterocycles. The predicted octanol–water partition coefficient (Wildman–Crippen LogP) is 3.53. The summed E-state index contributed by atoms with van der Waals surface area (Å²) in [7, 11) is 0. The van der Waals surface area contributed by atoms with Crippen molar-refractivity contribution in [3.63, 3.8) is 0 Å². The number of hydrogen-bond donors (Lipinski definition) is 0. The lowest BCUT2D eigenvalue weighted by Crippen LogP contribution is -2.26. The largest absolute Gasteiger partial charge is 0.371 e. The third-order valence-electron chi connectivity index (χ3n) is 2.87. The maximum absolute atomic E-state index is 2.51. The molecular weight excluding hydrogens is 182 g/mol. The molecule has 0 radical (unpaired) electrons. The summed E-state index contributed by atoms with van der Waals surface area (Å²) in [5, 5.41) is 0. The molecule has 1 aliphatic heterocycles. The normalized spacial score (nSPS) is 16.3. The van der Waals surface area contributed by atoms with Crippen molar-refractivity contribution in [2.45, 2.75) is 26.2 Å². The van der Waals surface area contributed by atoms with Crippen LogP contribution in [0.1, 0.15) is 31.7 Å². The first kappa shape index (κ1) is 10.3. The minimum absolute atomic E-state index is 1.18. The Bertz CT molecular complexity index is 326. The number of hydrogen-bond acceptors (Lipinski definition) is 1. The van der Waals surface area contributed by atoms with Gasteiger partial charge in [0.25, 0.3) is 0 Å². The van der Waals surface area contributed by atoms with E-state index in [-0.39, 0.29) is 0 Å². The molecule has 0 aromatic heterocycles. The van der Waals surface area contributed by atoms with Crippen molar-refractivity contribution < 1.29 is 0 Å². The molecule has 1 heteroatoms.